The normalized spacial score (nSPS) is 14.0. The van der Waals surface area contributed by atoms with E-state index in [0.717, 1.165) is 121 Å². The van der Waals surface area contributed by atoms with E-state index in [1.807, 2.05) is 0 Å². The molecule has 5 atom stereocenters. The Kier molecular flexibility index (Phi) is 75.7. The number of ether oxygens (including phenoxy) is 4. The van der Waals surface area contributed by atoms with E-state index < -0.39 is 97.5 Å². The van der Waals surface area contributed by atoms with Crippen molar-refractivity contribution in [1.82, 2.24) is 0 Å². The first kappa shape index (κ1) is 105. The summed E-state index contributed by atoms with van der Waals surface area (Å²) < 4.78 is 68.9. The fourth-order valence-corrected chi connectivity index (χ4v) is 14.8. The number of esters is 4. The van der Waals surface area contributed by atoms with Crippen LogP contribution in [0.2, 0.25) is 0 Å². The first-order valence-electron chi connectivity index (χ1n) is 44.7. The zero-order valence-corrected chi connectivity index (χ0v) is 71.9. The molecule has 0 aromatic carbocycles. The maximum Gasteiger partial charge on any atom is 0.472 e. The van der Waals surface area contributed by atoms with Crippen molar-refractivity contribution in [3.05, 3.63) is 24.3 Å². The number of phosphoric acid groups is 2. The van der Waals surface area contributed by atoms with E-state index >= 15 is 0 Å². The highest BCUT2D eigenvalue weighted by atomic mass is 31.2. The van der Waals surface area contributed by atoms with Crippen molar-refractivity contribution in [2.75, 3.05) is 39.6 Å². The van der Waals surface area contributed by atoms with Crippen molar-refractivity contribution in [3.8, 4) is 0 Å². The van der Waals surface area contributed by atoms with Crippen LogP contribution in [0.25, 0.3) is 0 Å². The van der Waals surface area contributed by atoms with Crippen molar-refractivity contribution in [1.29, 1.82) is 0 Å². The molecule has 0 aromatic rings. The molecule has 3 N–H and O–H groups in total. The molecule has 0 heterocycles. The molecule has 0 saturated heterocycles. The number of allylic oxidation sites excluding steroid dienone is 4. The molecule has 0 saturated carbocycles. The van der Waals surface area contributed by atoms with Crippen molar-refractivity contribution < 1.29 is 80.2 Å². The van der Waals surface area contributed by atoms with Crippen LogP contribution in [0.5, 0.6) is 0 Å². The van der Waals surface area contributed by atoms with Gasteiger partial charge in [0.2, 0.25) is 0 Å². The van der Waals surface area contributed by atoms with Gasteiger partial charge in [0.05, 0.1) is 26.4 Å². The third-order valence-electron chi connectivity index (χ3n) is 20.0. The minimum Gasteiger partial charge on any atom is -0.462 e. The van der Waals surface area contributed by atoms with Gasteiger partial charge in [-0.3, -0.25) is 37.3 Å². The van der Waals surface area contributed by atoms with Gasteiger partial charge in [0, 0.05) is 25.7 Å². The summed E-state index contributed by atoms with van der Waals surface area (Å²) in [6, 6.07) is 0. The molecule has 0 aliphatic carbocycles. The van der Waals surface area contributed by atoms with Gasteiger partial charge in [-0.05, 0) is 69.1 Å². The van der Waals surface area contributed by atoms with E-state index in [2.05, 4.69) is 72.8 Å². The van der Waals surface area contributed by atoms with Crippen LogP contribution in [-0.4, -0.2) is 96.7 Å². The van der Waals surface area contributed by atoms with Gasteiger partial charge in [0.1, 0.15) is 19.3 Å². The Hall–Kier alpha value is -2.46. The number of unbranched alkanes of at least 4 members (excludes halogenated alkanes) is 49. The van der Waals surface area contributed by atoms with Gasteiger partial charge in [0.25, 0.3) is 0 Å². The molecule has 0 fully saturated rings. The summed E-state index contributed by atoms with van der Waals surface area (Å²) >= 11 is 0. The Labute approximate surface area is 656 Å². The lowest BCUT2D eigenvalue weighted by Crippen LogP contribution is -2.30. The molecule has 0 bridgehead atoms. The molecule has 19 heteroatoms. The van der Waals surface area contributed by atoms with Crippen molar-refractivity contribution in [2.45, 2.75) is 458 Å². The Balaban J connectivity index is 5.24. The van der Waals surface area contributed by atoms with Crippen molar-refractivity contribution in [3.63, 3.8) is 0 Å². The Morgan fingerprint density at radius 2 is 0.505 bits per heavy atom. The van der Waals surface area contributed by atoms with Gasteiger partial charge in [-0.15, -0.1) is 0 Å². The summed E-state index contributed by atoms with van der Waals surface area (Å²) in [5.74, 6) is 0.208. The average molecular weight is 1560 g/mol. The van der Waals surface area contributed by atoms with Gasteiger partial charge < -0.3 is 33.8 Å². The lowest BCUT2D eigenvalue weighted by atomic mass is 10.0. The summed E-state index contributed by atoms with van der Waals surface area (Å²) in [6.07, 6.45) is 71.9. The van der Waals surface area contributed by atoms with Gasteiger partial charge in [0.15, 0.2) is 12.2 Å². The lowest BCUT2D eigenvalue weighted by Gasteiger charge is -2.21. The van der Waals surface area contributed by atoms with Crippen LogP contribution in [-0.2, 0) is 65.4 Å². The molecule has 0 spiro atoms. The molecule has 0 rings (SSSR count). The van der Waals surface area contributed by atoms with Crippen LogP contribution in [0.15, 0.2) is 24.3 Å². The van der Waals surface area contributed by atoms with Gasteiger partial charge in [-0.25, -0.2) is 9.13 Å². The van der Waals surface area contributed by atoms with Gasteiger partial charge in [-0.2, -0.15) is 0 Å². The van der Waals surface area contributed by atoms with Crippen LogP contribution in [0.4, 0.5) is 0 Å². The van der Waals surface area contributed by atoms with Crippen LogP contribution in [0.3, 0.4) is 0 Å². The van der Waals surface area contributed by atoms with E-state index in [9.17, 15) is 43.2 Å². The van der Waals surface area contributed by atoms with Crippen molar-refractivity contribution >= 4 is 39.5 Å². The molecule has 632 valence electrons. The molecule has 0 amide bonds. The van der Waals surface area contributed by atoms with Gasteiger partial charge >= 0.3 is 39.5 Å². The number of aliphatic hydroxyl groups is 1. The molecule has 0 radical (unpaired) electrons. The van der Waals surface area contributed by atoms with Gasteiger partial charge in [-0.1, -0.05) is 387 Å². The Morgan fingerprint density at radius 1 is 0.290 bits per heavy atom. The summed E-state index contributed by atoms with van der Waals surface area (Å²) in [4.78, 5) is 73.2. The maximum absolute atomic E-state index is 13.2. The summed E-state index contributed by atoms with van der Waals surface area (Å²) in [5.41, 5.74) is 0. The number of carbonyl (C=O) groups is 4. The largest absolute Gasteiger partial charge is 0.472 e. The molecular formula is C88H168O17P2. The highest BCUT2D eigenvalue weighted by Crippen LogP contribution is 2.45. The lowest BCUT2D eigenvalue weighted by molar-refractivity contribution is -0.161. The SMILES string of the molecule is CCCCCC/C=C\C=C/CCCCCCCC(=O)O[C@H](COC(=O)CCCCCCCCCC(C)C)COP(=O)(O)OCC(O)COP(=O)(O)OC[C@@H](COC(=O)CCCCCCCCCCCCCCCCCCCCC(C)C)OC(=O)CCCCCCCCCCCCCCCCCCCCC(C)C. The number of hydrogen-bond donors (Lipinski definition) is 3. The molecule has 3 unspecified atom stereocenters. The fourth-order valence-electron chi connectivity index (χ4n) is 13.2. The predicted molar refractivity (Wildman–Crippen MR) is 441 cm³/mol. The molecule has 107 heavy (non-hydrogen) atoms. The number of phosphoric ester groups is 2. The number of hydrogen-bond acceptors (Lipinski definition) is 15. The molecule has 0 aromatic heterocycles. The van der Waals surface area contributed by atoms with E-state index in [4.69, 9.17) is 37.0 Å². The summed E-state index contributed by atoms with van der Waals surface area (Å²) in [7, 11) is -9.94. The second-order valence-corrected chi connectivity index (χ2v) is 35.3. The van der Waals surface area contributed by atoms with Crippen LogP contribution >= 0.6 is 15.6 Å². The zero-order chi connectivity index (χ0) is 78.6. The Bertz CT molecular complexity index is 2160. The van der Waals surface area contributed by atoms with Crippen LogP contribution in [0, 0.1) is 17.8 Å². The standard InChI is InChI=1S/C88H168O17P2/c1-8-9-10-11-12-13-14-15-24-32-37-42-49-57-64-71-88(93)105-84(76-99-86(91)70-63-56-51-44-47-54-61-68-81(6)7)78-103-107(96,97)101-74-82(89)73-100-106(94,95)102-77-83(104-87(92)72-65-58-50-43-38-33-28-23-19-17-21-26-30-35-40-46-53-60-67-80(4)5)75-98-85(90)69-62-55-48-41-36-31-27-22-18-16-20-25-29-34-39-45-52-59-66-79(2)3/h13-15,24,79-84,89H,8-12,16-23,25-78H2,1-7H3,(H,94,95)(H,96,97)/b14-13-,24-15-/t82?,83-,84-/m1/s1. The van der Waals surface area contributed by atoms with Crippen LogP contribution < -0.4 is 0 Å². The first-order chi connectivity index (χ1) is 51.7. The van der Waals surface area contributed by atoms with Crippen LogP contribution in [0.1, 0.15) is 440 Å². The third-order valence-corrected chi connectivity index (χ3v) is 21.9. The Morgan fingerprint density at radius 3 is 0.757 bits per heavy atom. The summed E-state index contributed by atoms with van der Waals surface area (Å²) in [5, 5.41) is 10.7. The molecular weight excluding hydrogens is 1390 g/mol. The maximum atomic E-state index is 13.2. The third kappa shape index (κ3) is 81.4. The molecule has 0 aliphatic rings. The van der Waals surface area contributed by atoms with E-state index in [0.29, 0.717) is 31.6 Å². The zero-order valence-electron chi connectivity index (χ0n) is 70.1. The van der Waals surface area contributed by atoms with Crippen molar-refractivity contribution in [2.24, 2.45) is 17.8 Å². The number of aliphatic hydroxyl groups excluding tert-OH is 1. The summed E-state index contributed by atoms with van der Waals surface area (Å²) in [6.45, 7) is 11.9. The first-order valence-corrected chi connectivity index (χ1v) is 47.7. The van der Waals surface area contributed by atoms with E-state index in [1.165, 1.54) is 231 Å². The molecule has 17 nitrogen and oxygen atoms in total. The smallest absolute Gasteiger partial charge is 0.462 e. The topological polar surface area (TPSA) is 237 Å². The minimum atomic E-state index is -4.97. The monoisotopic (exact) mass is 1560 g/mol. The number of rotatable bonds is 84. The minimum absolute atomic E-state index is 0.0843. The fraction of sp³-hybridized carbons (Fsp3) is 0.909. The predicted octanol–water partition coefficient (Wildman–Crippen LogP) is 26.4. The highest BCUT2D eigenvalue weighted by Gasteiger charge is 2.30. The van der Waals surface area contributed by atoms with E-state index in [1.54, 1.807) is 0 Å². The molecule has 0 aliphatic heterocycles. The number of carbonyl (C=O) groups excluding carboxylic acids is 4. The average Bonchev–Trinajstić information content (AvgIpc) is 0.901. The second-order valence-electron chi connectivity index (χ2n) is 32.4. The van der Waals surface area contributed by atoms with E-state index in [-0.39, 0.29) is 25.7 Å². The quantitative estimate of drug-likeness (QED) is 0.0169. The highest BCUT2D eigenvalue weighted by molar-refractivity contribution is 7.47. The second kappa shape index (κ2) is 77.5.